The summed E-state index contributed by atoms with van der Waals surface area (Å²) in [6, 6.07) is 5.65. The SMILES string of the molecule is CC(C)(C)c1n[nH]c(C(N)c2ccc(F)cc2)n1. The second-order valence-corrected chi connectivity index (χ2v) is 5.32. The second kappa shape index (κ2) is 4.49. The van der Waals surface area contributed by atoms with Crippen molar-refractivity contribution in [1.82, 2.24) is 15.2 Å². The highest BCUT2D eigenvalue weighted by atomic mass is 19.1. The molecule has 1 atom stereocenters. The van der Waals surface area contributed by atoms with Gasteiger partial charge in [0.05, 0.1) is 6.04 Å². The van der Waals surface area contributed by atoms with Crippen molar-refractivity contribution in [3.05, 3.63) is 47.3 Å². The number of halogens is 1. The van der Waals surface area contributed by atoms with Crippen LogP contribution in [0.3, 0.4) is 0 Å². The van der Waals surface area contributed by atoms with Crippen molar-refractivity contribution in [3.63, 3.8) is 0 Å². The van der Waals surface area contributed by atoms with Gasteiger partial charge in [-0.15, -0.1) is 0 Å². The first-order valence-corrected chi connectivity index (χ1v) is 5.82. The fourth-order valence-electron chi connectivity index (χ4n) is 1.58. The first-order valence-electron chi connectivity index (χ1n) is 5.82. The lowest BCUT2D eigenvalue weighted by Gasteiger charge is -2.12. The van der Waals surface area contributed by atoms with E-state index in [4.69, 9.17) is 5.73 Å². The van der Waals surface area contributed by atoms with Crippen LogP contribution in [0.25, 0.3) is 0 Å². The van der Waals surface area contributed by atoms with Gasteiger partial charge in [-0.3, -0.25) is 5.10 Å². The summed E-state index contributed by atoms with van der Waals surface area (Å²) in [5.74, 6) is 1.03. The molecule has 96 valence electrons. The van der Waals surface area contributed by atoms with Crippen molar-refractivity contribution in [2.45, 2.75) is 32.2 Å². The zero-order valence-corrected chi connectivity index (χ0v) is 10.7. The van der Waals surface area contributed by atoms with Gasteiger partial charge in [-0.05, 0) is 17.7 Å². The van der Waals surface area contributed by atoms with Crippen LogP contribution in [0.1, 0.15) is 44.0 Å². The summed E-state index contributed by atoms with van der Waals surface area (Å²) in [4.78, 5) is 4.39. The van der Waals surface area contributed by atoms with Gasteiger partial charge in [0.25, 0.3) is 0 Å². The molecule has 5 heteroatoms. The monoisotopic (exact) mass is 248 g/mol. The second-order valence-electron chi connectivity index (χ2n) is 5.32. The molecule has 2 aromatic rings. The van der Waals surface area contributed by atoms with Crippen LogP contribution >= 0.6 is 0 Å². The molecule has 0 radical (unpaired) electrons. The van der Waals surface area contributed by atoms with Crippen LogP contribution in [0.15, 0.2) is 24.3 Å². The van der Waals surface area contributed by atoms with Crippen LogP contribution in [0.4, 0.5) is 4.39 Å². The highest BCUT2D eigenvalue weighted by Gasteiger charge is 2.21. The Morgan fingerprint density at radius 3 is 2.33 bits per heavy atom. The quantitative estimate of drug-likeness (QED) is 0.856. The summed E-state index contributed by atoms with van der Waals surface area (Å²) in [6.07, 6.45) is 0. The van der Waals surface area contributed by atoms with Gasteiger partial charge < -0.3 is 5.73 Å². The summed E-state index contributed by atoms with van der Waals surface area (Å²) in [5.41, 5.74) is 6.74. The molecule has 1 aromatic heterocycles. The van der Waals surface area contributed by atoms with E-state index < -0.39 is 6.04 Å². The Hall–Kier alpha value is -1.75. The number of nitrogens with zero attached hydrogens (tertiary/aromatic N) is 2. The van der Waals surface area contributed by atoms with Gasteiger partial charge in [-0.25, -0.2) is 9.37 Å². The lowest BCUT2D eigenvalue weighted by atomic mass is 9.96. The minimum Gasteiger partial charge on any atom is -0.318 e. The lowest BCUT2D eigenvalue weighted by molar-refractivity contribution is 0.547. The number of rotatable bonds is 2. The molecule has 4 nitrogen and oxygen atoms in total. The normalized spacial score (nSPS) is 13.6. The van der Waals surface area contributed by atoms with Crippen molar-refractivity contribution in [2.75, 3.05) is 0 Å². The van der Waals surface area contributed by atoms with Gasteiger partial charge in [-0.2, -0.15) is 5.10 Å². The fraction of sp³-hybridized carbons (Fsp3) is 0.385. The number of aromatic nitrogens is 3. The standard InChI is InChI=1S/C13H17FN4/c1-13(2,3)12-16-11(17-18-12)10(15)8-4-6-9(14)7-5-8/h4-7,10H,15H2,1-3H3,(H,16,17,18). The molecule has 0 spiro atoms. The van der Waals surface area contributed by atoms with Crippen LogP contribution in [-0.2, 0) is 5.41 Å². The highest BCUT2D eigenvalue weighted by molar-refractivity contribution is 5.24. The first-order chi connectivity index (χ1) is 8.38. The van der Waals surface area contributed by atoms with Gasteiger partial charge >= 0.3 is 0 Å². The van der Waals surface area contributed by atoms with Crippen LogP contribution in [0, 0.1) is 5.82 Å². The zero-order chi connectivity index (χ0) is 13.3. The maximum Gasteiger partial charge on any atom is 0.156 e. The van der Waals surface area contributed by atoms with Crippen LogP contribution in [0.2, 0.25) is 0 Å². The van der Waals surface area contributed by atoms with Gasteiger partial charge in [0, 0.05) is 5.41 Å². The number of H-pyrrole nitrogens is 1. The highest BCUT2D eigenvalue weighted by Crippen LogP contribution is 2.21. The van der Waals surface area contributed by atoms with Gasteiger partial charge in [0.15, 0.2) is 5.82 Å². The van der Waals surface area contributed by atoms with Crippen LogP contribution in [0.5, 0.6) is 0 Å². The molecule has 3 N–H and O–H groups in total. The average Bonchev–Trinajstić information content (AvgIpc) is 2.78. The van der Waals surface area contributed by atoms with E-state index in [2.05, 4.69) is 15.2 Å². The summed E-state index contributed by atoms with van der Waals surface area (Å²) < 4.78 is 12.8. The molecule has 18 heavy (non-hydrogen) atoms. The molecule has 0 aliphatic rings. The molecule has 0 saturated heterocycles. The van der Waals surface area contributed by atoms with Crippen molar-refractivity contribution in [2.24, 2.45) is 5.73 Å². The third-order valence-electron chi connectivity index (χ3n) is 2.70. The molecule has 0 fully saturated rings. The number of nitrogens with two attached hydrogens (primary N) is 1. The third kappa shape index (κ3) is 2.56. The molecule has 0 aliphatic carbocycles. The van der Waals surface area contributed by atoms with E-state index in [1.54, 1.807) is 12.1 Å². The molecule has 1 heterocycles. The predicted molar refractivity (Wildman–Crippen MR) is 67.5 cm³/mol. The van der Waals surface area contributed by atoms with Crippen molar-refractivity contribution >= 4 is 0 Å². The summed E-state index contributed by atoms with van der Waals surface area (Å²) in [7, 11) is 0. The van der Waals surface area contributed by atoms with E-state index in [-0.39, 0.29) is 11.2 Å². The molecule has 1 unspecified atom stereocenters. The Morgan fingerprint density at radius 1 is 1.22 bits per heavy atom. The Morgan fingerprint density at radius 2 is 1.83 bits per heavy atom. The minimum absolute atomic E-state index is 0.128. The smallest absolute Gasteiger partial charge is 0.156 e. The van der Waals surface area contributed by atoms with Crippen molar-refractivity contribution < 1.29 is 4.39 Å². The van der Waals surface area contributed by atoms with E-state index in [1.165, 1.54) is 12.1 Å². The Labute approximate surface area is 105 Å². The number of hydrogen-bond acceptors (Lipinski definition) is 3. The van der Waals surface area contributed by atoms with Gasteiger partial charge in [0.2, 0.25) is 0 Å². The van der Waals surface area contributed by atoms with Crippen molar-refractivity contribution in [3.8, 4) is 0 Å². The summed E-state index contributed by atoms with van der Waals surface area (Å²) in [6.45, 7) is 6.09. The maximum atomic E-state index is 12.8. The Bertz CT molecular complexity index is 525. The number of nitrogens with one attached hydrogen (secondary N) is 1. The molecular weight excluding hydrogens is 231 g/mol. The Kier molecular flexibility index (Phi) is 3.17. The Balaban J connectivity index is 2.26. The van der Waals surface area contributed by atoms with Crippen LogP contribution in [-0.4, -0.2) is 15.2 Å². The molecule has 1 aromatic carbocycles. The van der Waals surface area contributed by atoms with E-state index in [0.717, 1.165) is 11.4 Å². The molecule has 0 amide bonds. The number of aromatic amines is 1. The fourth-order valence-corrected chi connectivity index (χ4v) is 1.58. The van der Waals surface area contributed by atoms with E-state index in [0.29, 0.717) is 5.82 Å². The average molecular weight is 248 g/mol. The minimum atomic E-state index is -0.422. The van der Waals surface area contributed by atoms with E-state index in [1.807, 2.05) is 20.8 Å². The molecule has 0 saturated carbocycles. The summed E-state index contributed by atoms with van der Waals surface area (Å²) >= 11 is 0. The molecule has 0 bridgehead atoms. The molecule has 2 rings (SSSR count). The topological polar surface area (TPSA) is 67.6 Å². The van der Waals surface area contributed by atoms with Crippen LogP contribution < -0.4 is 5.73 Å². The predicted octanol–water partition coefficient (Wildman–Crippen LogP) is 2.29. The third-order valence-corrected chi connectivity index (χ3v) is 2.70. The van der Waals surface area contributed by atoms with E-state index in [9.17, 15) is 4.39 Å². The van der Waals surface area contributed by atoms with E-state index >= 15 is 0 Å². The largest absolute Gasteiger partial charge is 0.318 e. The van der Waals surface area contributed by atoms with Crippen molar-refractivity contribution in [1.29, 1.82) is 0 Å². The maximum absolute atomic E-state index is 12.8. The first kappa shape index (κ1) is 12.7. The lowest BCUT2D eigenvalue weighted by Crippen LogP contribution is -2.16. The zero-order valence-electron chi connectivity index (χ0n) is 10.7. The van der Waals surface area contributed by atoms with Gasteiger partial charge in [-0.1, -0.05) is 32.9 Å². The molecular formula is C13H17FN4. The number of hydrogen-bond donors (Lipinski definition) is 2. The summed E-state index contributed by atoms with van der Waals surface area (Å²) in [5, 5.41) is 7.01. The van der Waals surface area contributed by atoms with Gasteiger partial charge in [0.1, 0.15) is 11.6 Å². The number of benzene rings is 1. The molecule has 0 aliphatic heterocycles.